The molecule has 0 atom stereocenters. The second-order valence-corrected chi connectivity index (χ2v) is 11.1. The highest BCUT2D eigenvalue weighted by molar-refractivity contribution is 6.74. The van der Waals surface area contributed by atoms with Crippen LogP contribution in [0.2, 0.25) is 18.1 Å². The van der Waals surface area contributed by atoms with Crippen molar-refractivity contribution in [3.8, 4) is 5.75 Å². The molecular weight excluding hydrogens is 223 g/mol. The van der Waals surface area contributed by atoms with Gasteiger partial charge in [0.1, 0.15) is 13.6 Å². The van der Waals surface area contributed by atoms with E-state index in [2.05, 4.69) is 33.9 Å². The van der Waals surface area contributed by atoms with E-state index in [0.717, 1.165) is 22.3 Å². The van der Waals surface area contributed by atoms with Crippen LogP contribution in [0, 0.1) is 13.8 Å². The SMILES string of the molecule is [B]c1c(C)cc(O[Si](C)(C)C(C)(C)C)cc1C. The maximum Gasteiger partial charge on any atom is 0.250 e. The lowest BCUT2D eigenvalue weighted by molar-refractivity contribution is 0.491. The largest absolute Gasteiger partial charge is 0.543 e. The van der Waals surface area contributed by atoms with Crippen LogP contribution in [0.15, 0.2) is 12.1 Å². The summed E-state index contributed by atoms with van der Waals surface area (Å²) >= 11 is 0. The van der Waals surface area contributed by atoms with Gasteiger partial charge in [-0.05, 0) is 44.1 Å². The van der Waals surface area contributed by atoms with E-state index in [9.17, 15) is 0 Å². The predicted octanol–water partition coefficient (Wildman–Crippen LogP) is 3.48. The lowest BCUT2D eigenvalue weighted by atomic mass is 9.87. The minimum atomic E-state index is -1.75. The van der Waals surface area contributed by atoms with Crippen molar-refractivity contribution in [3.05, 3.63) is 23.3 Å². The fourth-order valence-electron chi connectivity index (χ4n) is 1.44. The highest BCUT2D eigenvalue weighted by Gasteiger charge is 2.38. The van der Waals surface area contributed by atoms with Crippen molar-refractivity contribution in [1.29, 1.82) is 0 Å². The van der Waals surface area contributed by atoms with Crippen molar-refractivity contribution < 1.29 is 4.43 Å². The number of hydrogen-bond acceptors (Lipinski definition) is 1. The van der Waals surface area contributed by atoms with Crippen LogP contribution >= 0.6 is 0 Å². The van der Waals surface area contributed by atoms with Crippen LogP contribution in [0.25, 0.3) is 0 Å². The third-order valence-corrected chi connectivity index (χ3v) is 8.10. The summed E-state index contributed by atoms with van der Waals surface area (Å²) in [4.78, 5) is 0. The van der Waals surface area contributed by atoms with Gasteiger partial charge < -0.3 is 4.43 Å². The summed E-state index contributed by atoms with van der Waals surface area (Å²) < 4.78 is 6.27. The first-order valence-corrected chi connectivity index (χ1v) is 9.01. The number of benzene rings is 1. The molecule has 17 heavy (non-hydrogen) atoms. The third kappa shape index (κ3) is 3.15. The monoisotopic (exact) mass is 246 g/mol. The van der Waals surface area contributed by atoms with Crippen LogP contribution in [0.1, 0.15) is 31.9 Å². The molecule has 0 heterocycles. The van der Waals surface area contributed by atoms with E-state index in [1.165, 1.54) is 0 Å². The van der Waals surface area contributed by atoms with Crippen molar-refractivity contribution >= 4 is 21.6 Å². The van der Waals surface area contributed by atoms with Gasteiger partial charge in [0.15, 0.2) is 0 Å². The molecule has 0 unspecified atom stereocenters. The molecule has 1 aromatic carbocycles. The smallest absolute Gasteiger partial charge is 0.250 e. The van der Waals surface area contributed by atoms with Crippen LogP contribution in [0.4, 0.5) is 0 Å². The normalized spacial score (nSPS) is 12.6. The molecule has 1 aromatic rings. The van der Waals surface area contributed by atoms with Crippen molar-refractivity contribution in [3.63, 3.8) is 0 Å². The summed E-state index contributed by atoms with van der Waals surface area (Å²) in [7, 11) is 4.21. The summed E-state index contributed by atoms with van der Waals surface area (Å²) in [5.41, 5.74) is 3.06. The van der Waals surface area contributed by atoms with E-state index in [1.807, 2.05) is 26.0 Å². The zero-order chi connectivity index (χ0) is 13.4. The molecule has 1 rings (SSSR count). The van der Waals surface area contributed by atoms with Gasteiger partial charge in [-0.1, -0.05) is 37.4 Å². The minimum Gasteiger partial charge on any atom is -0.543 e. The van der Waals surface area contributed by atoms with Crippen LogP contribution < -0.4 is 9.89 Å². The standard InChI is InChI=1S/C14H23BOSi/c1-10-8-12(9-11(2)13(10)15)16-17(6,7)14(3,4)5/h8-9H,1-7H3. The van der Waals surface area contributed by atoms with Crippen molar-refractivity contribution in [2.45, 2.75) is 52.8 Å². The molecule has 0 bridgehead atoms. The zero-order valence-corrected chi connectivity index (χ0v) is 13.1. The molecule has 3 heteroatoms. The zero-order valence-electron chi connectivity index (χ0n) is 12.1. The molecule has 0 aliphatic carbocycles. The first kappa shape index (κ1) is 14.4. The molecule has 0 saturated heterocycles. The molecule has 92 valence electrons. The molecule has 0 fully saturated rings. The van der Waals surface area contributed by atoms with E-state index in [-0.39, 0.29) is 5.04 Å². The first-order chi connectivity index (χ1) is 7.54. The molecule has 2 radical (unpaired) electrons. The Labute approximate surface area is 108 Å². The molecule has 0 aromatic heterocycles. The second kappa shape index (κ2) is 4.52. The van der Waals surface area contributed by atoms with Crippen LogP contribution in [0.5, 0.6) is 5.75 Å². The van der Waals surface area contributed by atoms with Gasteiger partial charge in [0.2, 0.25) is 8.32 Å². The second-order valence-electron chi connectivity index (χ2n) is 6.33. The van der Waals surface area contributed by atoms with Crippen LogP contribution in [-0.2, 0) is 0 Å². The highest BCUT2D eigenvalue weighted by atomic mass is 28.4. The van der Waals surface area contributed by atoms with Gasteiger partial charge in [-0.25, -0.2) is 0 Å². The van der Waals surface area contributed by atoms with E-state index in [1.54, 1.807) is 0 Å². The van der Waals surface area contributed by atoms with Crippen molar-refractivity contribution in [2.24, 2.45) is 0 Å². The fraction of sp³-hybridized carbons (Fsp3) is 0.571. The Morgan fingerprint density at radius 1 is 1.06 bits per heavy atom. The van der Waals surface area contributed by atoms with Gasteiger partial charge in [-0.15, -0.1) is 0 Å². The average molecular weight is 246 g/mol. The predicted molar refractivity (Wildman–Crippen MR) is 79.1 cm³/mol. The lowest BCUT2D eigenvalue weighted by Crippen LogP contribution is -2.44. The van der Waals surface area contributed by atoms with Crippen molar-refractivity contribution in [1.82, 2.24) is 0 Å². The summed E-state index contributed by atoms with van der Waals surface area (Å²) in [6.07, 6.45) is 0. The Balaban J connectivity index is 3.05. The topological polar surface area (TPSA) is 9.23 Å². The Kier molecular flexibility index (Phi) is 3.82. The number of rotatable bonds is 2. The maximum atomic E-state index is 6.27. The van der Waals surface area contributed by atoms with Gasteiger partial charge in [0, 0.05) is 0 Å². The van der Waals surface area contributed by atoms with Gasteiger partial charge in [-0.2, -0.15) is 0 Å². The molecular formula is C14H23BOSi. The Morgan fingerprint density at radius 2 is 1.47 bits per heavy atom. The average Bonchev–Trinajstić information content (AvgIpc) is 2.11. The number of aryl methyl sites for hydroxylation is 2. The molecule has 0 aliphatic rings. The summed E-state index contributed by atoms with van der Waals surface area (Å²) in [5, 5.41) is 0.218. The minimum absolute atomic E-state index is 0.218. The fourth-order valence-corrected chi connectivity index (χ4v) is 2.45. The molecule has 0 spiro atoms. The molecule has 0 aliphatic heterocycles. The van der Waals surface area contributed by atoms with Gasteiger partial charge in [0.25, 0.3) is 0 Å². The van der Waals surface area contributed by atoms with Crippen molar-refractivity contribution in [2.75, 3.05) is 0 Å². The third-order valence-electron chi connectivity index (χ3n) is 3.75. The van der Waals surface area contributed by atoms with Gasteiger partial charge in [0.05, 0.1) is 0 Å². The molecule has 0 amide bonds. The van der Waals surface area contributed by atoms with Gasteiger partial charge in [-0.3, -0.25) is 0 Å². The quantitative estimate of drug-likeness (QED) is 0.726. The molecule has 0 saturated carbocycles. The Morgan fingerprint density at radius 3 is 1.82 bits per heavy atom. The van der Waals surface area contributed by atoms with E-state index >= 15 is 0 Å². The Bertz CT molecular complexity index is 396. The molecule has 1 nitrogen and oxygen atoms in total. The van der Waals surface area contributed by atoms with E-state index in [0.29, 0.717) is 0 Å². The highest BCUT2D eigenvalue weighted by Crippen LogP contribution is 2.37. The summed E-state index contributed by atoms with van der Waals surface area (Å²) in [6.45, 7) is 15.3. The Hall–Kier alpha value is -0.698. The maximum absolute atomic E-state index is 6.27. The first-order valence-electron chi connectivity index (χ1n) is 6.10. The summed E-state index contributed by atoms with van der Waals surface area (Å²) in [6, 6.07) is 4.09. The van der Waals surface area contributed by atoms with Crippen LogP contribution in [0.3, 0.4) is 0 Å². The number of hydrogen-bond donors (Lipinski definition) is 0. The lowest BCUT2D eigenvalue weighted by Gasteiger charge is -2.36. The summed E-state index contributed by atoms with van der Waals surface area (Å²) in [5.74, 6) is 0.959. The molecule has 0 N–H and O–H groups in total. The van der Waals surface area contributed by atoms with E-state index < -0.39 is 8.32 Å². The van der Waals surface area contributed by atoms with E-state index in [4.69, 9.17) is 12.3 Å². The van der Waals surface area contributed by atoms with Gasteiger partial charge >= 0.3 is 0 Å². The van der Waals surface area contributed by atoms with Crippen LogP contribution in [-0.4, -0.2) is 16.2 Å².